The minimum Gasteiger partial charge on any atom is -0.388 e. The molecule has 0 spiro atoms. The number of benzene rings is 1. The van der Waals surface area contributed by atoms with Crippen LogP contribution in [0.4, 0.5) is 5.82 Å². The molecule has 116 valence electrons. The summed E-state index contributed by atoms with van der Waals surface area (Å²) < 4.78 is 0. The predicted octanol–water partition coefficient (Wildman–Crippen LogP) is 2.32. The number of pyridine rings is 1. The standard InChI is InChI=1S/C17H21N3O2/c1-18-16-12-14(8-10-19-16)17(22)20(2)11-9-15(21)13-6-4-3-5-7-13/h3-8,10,12,15,21H,9,11H2,1-2H3,(H,18,19)/t15-/m1/s1. The van der Waals surface area contributed by atoms with Crippen molar-refractivity contribution in [1.82, 2.24) is 9.88 Å². The normalized spacial score (nSPS) is 11.8. The fourth-order valence-corrected chi connectivity index (χ4v) is 2.18. The molecule has 0 saturated carbocycles. The number of amides is 1. The van der Waals surface area contributed by atoms with Gasteiger partial charge < -0.3 is 15.3 Å². The first-order valence-corrected chi connectivity index (χ1v) is 7.24. The lowest BCUT2D eigenvalue weighted by Crippen LogP contribution is -2.28. The average Bonchev–Trinajstić information content (AvgIpc) is 2.59. The minimum absolute atomic E-state index is 0.0841. The molecule has 0 bridgehead atoms. The van der Waals surface area contributed by atoms with Gasteiger partial charge >= 0.3 is 0 Å². The smallest absolute Gasteiger partial charge is 0.253 e. The summed E-state index contributed by atoms with van der Waals surface area (Å²) in [5.74, 6) is 0.572. The van der Waals surface area contributed by atoms with Gasteiger partial charge in [-0.15, -0.1) is 0 Å². The van der Waals surface area contributed by atoms with E-state index in [4.69, 9.17) is 0 Å². The van der Waals surface area contributed by atoms with Crippen molar-refractivity contribution in [3.8, 4) is 0 Å². The highest BCUT2D eigenvalue weighted by Gasteiger charge is 2.14. The Labute approximate surface area is 130 Å². The lowest BCUT2D eigenvalue weighted by atomic mass is 10.1. The fraction of sp³-hybridized carbons (Fsp3) is 0.294. The zero-order valence-electron chi connectivity index (χ0n) is 12.9. The lowest BCUT2D eigenvalue weighted by Gasteiger charge is -2.19. The van der Waals surface area contributed by atoms with Crippen molar-refractivity contribution in [2.45, 2.75) is 12.5 Å². The second-order valence-corrected chi connectivity index (χ2v) is 5.12. The van der Waals surface area contributed by atoms with Gasteiger partial charge in [-0.2, -0.15) is 0 Å². The largest absolute Gasteiger partial charge is 0.388 e. The summed E-state index contributed by atoms with van der Waals surface area (Å²) >= 11 is 0. The second-order valence-electron chi connectivity index (χ2n) is 5.12. The molecular weight excluding hydrogens is 278 g/mol. The zero-order chi connectivity index (χ0) is 15.9. The number of rotatable bonds is 6. The van der Waals surface area contributed by atoms with Gasteiger partial charge in [0, 0.05) is 32.4 Å². The monoisotopic (exact) mass is 299 g/mol. The molecule has 1 aromatic heterocycles. The molecule has 0 aliphatic rings. The molecule has 0 saturated heterocycles. The van der Waals surface area contributed by atoms with Crippen molar-refractivity contribution in [2.24, 2.45) is 0 Å². The van der Waals surface area contributed by atoms with E-state index in [9.17, 15) is 9.90 Å². The van der Waals surface area contributed by atoms with E-state index in [-0.39, 0.29) is 5.91 Å². The fourth-order valence-electron chi connectivity index (χ4n) is 2.18. The van der Waals surface area contributed by atoms with Crippen molar-refractivity contribution < 1.29 is 9.90 Å². The molecule has 1 amide bonds. The van der Waals surface area contributed by atoms with Crippen LogP contribution in [0.1, 0.15) is 28.4 Å². The SMILES string of the molecule is CNc1cc(C(=O)N(C)CC[C@@H](O)c2ccccc2)ccn1. The van der Waals surface area contributed by atoms with Crippen LogP contribution in [0.2, 0.25) is 0 Å². The Morgan fingerprint density at radius 2 is 2.05 bits per heavy atom. The van der Waals surface area contributed by atoms with Crippen LogP contribution in [0.15, 0.2) is 48.7 Å². The number of hydrogen-bond acceptors (Lipinski definition) is 4. The van der Waals surface area contributed by atoms with E-state index < -0.39 is 6.10 Å². The van der Waals surface area contributed by atoms with E-state index in [0.717, 1.165) is 5.56 Å². The number of carbonyl (C=O) groups is 1. The maximum absolute atomic E-state index is 12.4. The van der Waals surface area contributed by atoms with Gasteiger partial charge in [0.2, 0.25) is 0 Å². The summed E-state index contributed by atoms with van der Waals surface area (Å²) in [5.41, 5.74) is 1.45. The van der Waals surface area contributed by atoms with E-state index in [2.05, 4.69) is 10.3 Å². The van der Waals surface area contributed by atoms with E-state index in [1.54, 1.807) is 37.3 Å². The third kappa shape index (κ3) is 4.05. The van der Waals surface area contributed by atoms with Gasteiger partial charge in [-0.05, 0) is 24.1 Å². The second kappa shape index (κ2) is 7.56. The number of aromatic nitrogens is 1. The van der Waals surface area contributed by atoms with Gasteiger partial charge in [0.05, 0.1) is 6.10 Å². The minimum atomic E-state index is -0.568. The Hall–Kier alpha value is -2.40. The number of nitrogens with one attached hydrogen (secondary N) is 1. The van der Waals surface area contributed by atoms with Gasteiger partial charge in [0.1, 0.15) is 5.82 Å². The van der Waals surface area contributed by atoms with E-state index in [0.29, 0.717) is 24.3 Å². The van der Waals surface area contributed by atoms with Gasteiger partial charge in [-0.3, -0.25) is 4.79 Å². The zero-order valence-corrected chi connectivity index (χ0v) is 12.9. The molecule has 2 rings (SSSR count). The van der Waals surface area contributed by atoms with Crippen LogP contribution >= 0.6 is 0 Å². The molecule has 2 N–H and O–H groups in total. The first-order valence-electron chi connectivity index (χ1n) is 7.24. The van der Waals surface area contributed by atoms with Crippen LogP contribution in [-0.2, 0) is 0 Å². The highest BCUT2D eigenvalue weighted by atomic mass is 16.3. The Balaban J connectivity index is 1.94. The number of nitrogens with zero attached hydrogens (tertiary/aromatic N) is 2. The molecule has 0 aliphatic heterocycles. The summed E-state index contributed by atoms with van der Waals surface area (Å²) in [6.07, 6.45) is 1.53. The first kappa shape index (κ1) is 16.0. The van der Waals surface area contributed by atoms with Crippen LogP contribution in [-0.4, -0.2) is 41.5 Å². The number of anilines is 1. The van der Waals surface area contributed by atoms with Crippen LogP contribution in [0.3, 0.4) is 0 Å². The molecular formula is C17H21N3O2. The molecule has 0 aliphatic carbocycles. The molecule has 0 fully saturated rings. The molecule has 22 heavy (non-hydrogen) atoms. The van der Waals surface area contributed by atoms with Gasteiger partial charge in [0.15, 0.2) is 0 Å². The molecule has 2 aromatic rings. The molecule has 0 unspecified atom stereocenters. The molecule has 5 nitrogen and oxygen atoms in total. The predicted molar refractivity (Wildman–Crippen MR) is 86.8 cm³/mol. The van der Waals surface area contributed by atoms with Gasteiger partial charge in [0.25, 0.3) is 5.91 Å². The molecule has 0 radical (unpaired) electrons. The van der Waals surface area contributed by atoms with E-state index in [1.165, 1.54) is 0 Å². The molecule has 5 heteroatoms. The van der Waals surface area contributed by atoms with Crippen molar-refractivity contribution in [3.63, 3.8) is 0 Å². The maximum atomic E-state index is 12.4. The quantitative estimate of drug-likeness (QED) is 0.859. The number of aliphatic hydroxyl groups is 1. The highest BCUT2D eigenvalue weighted by molar-refractivity contribution is 5.94. The topological polar surface area (TPSA) is 65.5 Å². The van der Waals surface area contributed by atoms with Crippen molar-refractivity contribution in [3.05, 3.63) is 59.8 Å². The summed E-state index contributed by atoms with van der Waals surface area (Å²) in [7, 11) is 3.50. The summed E-state index contributed by atoms with van der Waals surface area (Å²) in [5, 5.41) is 13.1. The van der Waals surface area contributed by atoms with Crippen molar-refractivity contribution in [1.29, 1.82) is 0 Å². The van der Waals surface area contributed by atoms with E-state index >= 15 is 0 Å². The first-order chi connectivity index (χ1) is 10.6. The summed E-state index contributed by atoms with van der Waals surface area (Å²) in [4.78, 5) is 18.1. The van der Waals surface area contributed by atoms with Crippen LogP contribution in [0, 0.1) is 0 Å². The summed E-state index contributed by atoms with van der Waals surface area (Å²) in [6.45, 7) is 0.478. The maximum Gasteiger partial charge on any atom is 0.253 e. The number of carbonyl (C=O) groups excluding carboxylic acids is 1. The Morgan fingerprint density at radius 3 is 2.73 bits per heavy atom. The van der Waals surface area contributed by atoms with Gasteiger partial charge in [-0.1, -0.05) is 30.3 Å². The highest BCUT2D eigenvalue weighted by Crippen LogP contribution is 2.17. The number of hydrogen-bond donors (Lipinski definition) is 2. The third-order valence-electron chi connectivity index (χ3n) is 3.53. The van der Waals surface area contributed by atoms with Crippen molar-refractivity contribution >= 4 is 11.7 Å². The van der Waals surface area contributed by atoms with Crippen molar-refractivity contribution in [2.75, 3.05) is 26.0 Å². The van der Waals surface area contributed by atoms with Gasteiger partial charge in [-0.25, -0.2) is 4.98 Å². The van der Waals surface area contributed by atoms with E-state index in [1.807, 2.05) is 30.3 Å². The Morgan fingerprint density at radius 1 is 1.32 bits per heavy atom. The van der Waals surface area contributed by atoms with Crippen LogP contribution in [0.25, 0.3) is 0 Å². The summed E-state index contributed by atoms with van der Waals surface area (Å²) in [6, 6.07) is 12.9. The third-order valence-corrected chi connectivity index (χ3v) is 3.53. The molecule has 1 atom stereocenters. The van der Waals surface area contributed by atoms with Crippen LogP contribution in [0.5, 0.6) is 0 Å². The average molecular weight is 299 g/mol. The number of aliphatic hydroxyl groups excluding tert-OH is 1. The Kier molecular flexibility index (Phi) is 5.49. The molecule has 1 aromatic carbocycles. The Bertz CT molecular complexity index is 616. The molecule has 1 heterocycles. The van der Waals surface area contributed by atoms with Crippen LogP contribution < -0.4 is 5.32 Å². The lowest BCUT2D eigenvalue weighted by molar-refractivity contribution is 0.0761.